The van der Waals surface area contributed by atoms with Gasteiger partial charge in [0.15, 0.2) is 5.41 Å². The molecular weight excluding hydrogens is 277 g/mol. The molecule has 0 saturated carbocycles. The van der Waals surface area contributed by atoms with Gasteiger partial charge in [0.05, 0.1) is 0 Å². The topological polar surface area (TPSA) is 41.1 Å². The third-order valence-electron chi connectivity index (χ3n) is 3.53. The third kappa shape index (κ3) is 2.62. The van der Waals surface area contributed by atoms with Crippen LogP contribution < -0.4 is 10.6 Å². The number of hydrogen-bond acceptors (Lipinski definition) is 3. The van der Waals surface area contributed by atoms with E-state index in [0.717, 1.165) is 11.1 Å². The number of alkyl halides is 3. The average molecular weight is 292 g/mol. The summed E-state index contributed by atoms with van der Waals surface area (Å²) in [6, 6.07) is 0. The molecule has 2 heterocycles. The number of rotatable bonds is 3. The second kappa shape index (κ2) is 5.13. The first-order chi connectivity index (χ1) is 8.87. The summed E-state index contributed by atoms with van der Waals surface area (Å²) in [5.41, 5.74) is -0.436. The van der Waals surface area contributed by atoms with Crippen molar-refractivity contribution < 1.29 is 18.0 Å². The van der Waals surface area contributed by atoms with E-state index in [4.69, 9.17) is 0 Å². The molecule has 0 bridgehead atoms. The van der Waals surface area contributed by atoms with E-state index in [1.165, 1.54) is 11.3 Å². The maximum Gasteiger partial charge on any atom is 0.404 e. The van der Waals surface area contributed by atoms with E-state index in [1.54, 1.807) is 0 Å². The van der Waals surface area contributed by atoms with E-state index < -0.39 is 17.5 Å². The van der Waals surface area contributed by atoms with Gasteiger partial charge in [0.2, 0.25) is 5.91 Å². The van der Waals surface area contributed by atoms with E-state index in [9.17, 15) is 18.0 Å². The van der Waals surface area contributed by atoms with Crippen molar-refractivity contribution in [2.24, 2.45) is 5.41 Å². The molecule has 1 atom stereocenters. The van der Waals surface area contributed by atoms with Gasteiger partial charge in [0, 0.05) is 13.1 Å². The van der Waals surface area contributed by atoms with Crippen LogP contribution in [-0.2, 0) is 11.3 Å². The van der Waals surface area contributed by atoms with Gasteiger partial charge in [0.1, 0.15) is 0 Å². The van der Waals surface area contributed by atoms with Gasteiger partial charge in [-0.3, -0.25) is 4.79 Å². The van der Waals surface area contributed by atoms with Gasteiger partial charge in [-0.2, -0.15) is 24.5 Å². The number of halogens is 3. The molecule has 0 aromatic carbocycles. The van der Waals surface area contributed by atoms with Crippen LogP contribution in [0.25, 0.3) is 0 Å². The van der Waals surface area contributed by atoms with Crippen molar-refractivity contribution in [3.63, 3.8) is 0 Å². The Hall–Kier alpha value is -1.08. The molecule has 1 aromatic heterocycles. The maximum absolute atomic E-state index is 13.1. The summed E-state index contributed by atoms with van der Waals surface area (Å²) < 4.78 is 39.3. The quantitative estimate of drug-likeness (QED) is 0.897. The highest BCUT2D eigenvalue weighted by molar-refractivity contribution is 7.08. The predicted octanol–water partition coefficient (Wildman–Crippen LogP) is 2.21. The molecule has 19 heavy (non-hydrogen) atoms. The van der Waals surface area contributed by atoms with Crippen LogP contribution in [0.15, 0.2) is 10.8 Å². The molecular formula is C12H15F3N2OS. The number of thiophene rings is 1. The fourth-order valence-electron chi connectivity index (χ4n) is 2.17. The van der Waals surface area contributed by atoms with Crippen molar-refractivity contribution in [3.05, 3.63) is 21.9 Å². The molecule has 7 heteroatoms. The van der Waals surface area contributed by atoms with Crippen LogP contribution in [-0.4, -0.2) is 25.2 Å². The first-order valence-electron chi connectivity index (χ1n) is 5.94. The first kappa shape index (κ1) is 14.3. The SMILES string of the molecule is Cc1cscc1CNC(=O)C1(C(F)(F)F)CCNC1. The van der Waals surface area contributed by atoms with Crippen LogP contribution >= 0.6 is 11.3 Å². The Labute approximate surface area is 113 Å². The first-order valence-corrected chi connectivity index (χ1v) is 6.88. The summed E-state index contributed by atoms with van der Waals surface area (Å²) in [5, 5.41) is 8.79. The fraction of sp³-hybridized carbons (Fsp3) is 0.583. The van der Waals surface area contributed by atoms with Gasteiger partial charge in [0.25, 0.3) is 0 Å². The molecule has 0 radical (unpaired) electrons. The lowest BCUT2D eigenvalue weighted by Gasteiger charge is -2.29. The van der Waals surface area contributed by atoms with Crippen LogP contribution in [0.1, 0.15) is 17.5 Å². The van der Waals surface area contributed by atoms with Crippen LogP contribution in [0.5, 0.6) is 0 Å². The minimum absolute atomic E-state index is 0.145. The zero-order chi connectivity index (χ0) is 14.1. The van der Waals surface area contributed by atoms with Crippen molar-refractivity contribution in [3.8, 4) is 0 Å². The maximum atomic E-state index is 13.1. The van der Waals surface area contributed by atoms with Gasteiger partial charge in [-0.1, -0.05) is 0 Å². The molecule has 2 rings (SSSR count). The fourth-order valence-corrected chi connectivity index (χ4v) is 3.03. The molecule has 0 spiro atoms. The predicted molar refractivity (Wildman–Crippen MR) is 66.9 cm³/mol. The van der Waals surface area contributed by atoms with Gasteiger partial charge in [-0.05, 0) is 41.8 Å². The van der Waals surface area contributed by atoms with E-state index >= 15 is 0 Å². The highest BCUT2D eigenvalue weighted by Gasteiger charge is 2.61. The van der Waals surface area contributed by atoms with Crippen molar-refractivity contribution in [2.75, 3.05) is 13.1 Å². The molecule has 3 nitrogen and oxygen atoms in total. The lowest BCUT2D eigenvalue weighted by atomic mass is 9.85. The van der Waals surface area contributed by atoms with E-state index in [0.29, 0.717) is 0 Å². The lowest BCUT2D eigenvalue weighted by Crippen LogP contribution is -2.52. The van der Waals surface area contributed by atoms with Crippen LogP contribution in [0.4, 0.5) is 13.2 Å². The molecule has 1 fully saturated rings. The normalized spacial score (nSPS) is 23.6. The number of amides is 1. The summed E-state index contributed by atoms with van der Waals surface area (Å²) in [6.45, 7) is 1.88. The summed E-state index contributed by atoms with van der Waals surface area (Å²) in [4.78, 5) is 12.0. The smallest absolute Gasteiger partial charge is 0.351 e. The highest BCUT2D eigenvalue weighted by atomic mass is 32.1. The Balaban J connectivity index is 2.07. The largest absolute Gasteiger partial charge is 0.404 e. The van der Waals surface area contributed by atoms with E-state index in [1.807, 2.05) is 17.7 Å². The third-order valence-corrected chi connectivity index (χ3v) is 4.44. The van der Waals surface area contributed by atoms with Crippen molar-refractivity contribution in [2.45, 2.75) is 26.1 Å². The number of carbonyl (C=O) groups excluding carboxylic acids is 1. The number of hydrogen-bond donors (Lipinski definition) is 2. The monoisotopic (exact) mass is 292 g/mol. The summed E-state index contributed by atoms with van der Waals surface area (Å²) >= 11 is 1.47. The van der Waals surface area contributed by atoms with Gasteiger partial charge in [-0.15, -0.1) is 0 Å². The number of nitrogens with one attached hydrogen (secondary N) is 2. The molecule has 0 aliphatic carbocycles. The molecule has 1 aliphatic rings. The van der Waals surface area contributed by atoms with E-state index in [2.05, 4.69) is 10.6 Å². The summed E-state index contributed by atoms with van der Waals surface area (Å²) in [6.07, 6.45) is -4.73. The molecule has 1 amide bonds. The second-order valence-electron chi connectivity index (χ2n) is 4.77. The number of carbonyl (C=O) groups is 1. The second-order valence-corrected chi connectivity index (χ2v) is 5.51. The number of aryl methyl sites for hydroxylation is 1. The van der Waals surface area contributed by atoms with Crippen molar-refractivity contribution in [1.29, 1.82) is 0 Å². The lowest BCUT2D eigenvalue weighted by molar-refractivity contribution is -0.216. The molecule has 1 aromatic rings. The van der Waals surface area contributed by atoms with Crippen LogP contribution in [0, 0.1) is 12.3 Å². The van der Waals surface area contributed by atoms with Gasteiger partial charge < -0.3 is 10.6 Å². The Kier molecular flexibility index (Phi) is 3.87. The zero-order valence-corrected chi connectivity index (χ0v) is 11.3. The molecule has 1 aliphatic heterocycles. The van der Waals surface area contributed by atoms with Gasteiger partial charge >= 0.3 is 6.18 Å². The molecule has 2 N–H and O–H groups in total. The molecule has 1 saturated heterocycles. The minimum atomic E-state index is -4.52. The van der Waals surface area contributed by atoms with E-state index in [-0.39, 0.29) is 26.1 Å². The molecule has 106 valence electrons. The Morgan fingerprint density at radius 1 is 1.53 bits per heavy atom. The highest BCUT2D eigenvalue weighted by Crippen LogP contribution is 2.43. The van der Waals surface area contributed by atoms with Crippen molar-refractivity contribution in [1.82, 2.24) is 10.6 Å². The minimum Gasteiger partial charge on any atom is -0.351 e. The Bertz CT molecular complexity index is 464. The molecule has 1 unspecified atom stereocenters. The zero-order valence-electron chi connectivity index (χ0n) is 10.4. The average Bonchev–Trinajstić information content (AvgIpc) is 2.94. The van der Waals surface area contributed by atoms with Gasteiger partial charge in [-0.25, -0.2) is 0 Å². The Morgan fingerprint density at radius 2 is 2.26 bits per heavy atom. The Morgan fingerprint density at radius 3 is 2.74 bits per heavy atom. The van der Waals surface area contributed by atoms with Crippen LogP contribution in [0.3, 0.4) is 0 Å². The summed E-state index contributed by atoms with van der Waals surface area (Å²) in [5.74, 6) is -0.935. The van der Waals surface area contributed by atoms with Crippen LogP contribution in [0.2, 0.25) is 0 Å². The summed E-state index contributed by atoms with van der Waals surface area (Å²) in [7, 11) is 0. The van der Waals surface area contributed by atoms with Crippen molar-refractivity contribution >= 4 is 17.2 Å². The standard InChI is InChI=1S/C12H15F3N2OS/c1-8-5-19-6-9(8)4-17-10(18)11(12(13,14)15)2-3-16-7-11/h5-6,16H,2-4,7H2,1H3,(H,17,18).